The van der Waals surface area contributed by atoms with E-state index < -0.39 is 4.92 Å². The second-order valence-corrected chi connectivity index (χ2v) is 6.44. The number of hydrogen-bond donors (Lipinski definition) is 1. The summed E-state index contributed by atoms with van der Waals surface area (Å²) in [5, 5.41) is 13.9. The van der Waals surface area contributed by atoms with Crippen LogP contribution in [0.2, 0.25) is 0 Å². The summed E-state index contributed by atoms with van der Waals surface area (Å²) in [5.74, 6) is 0.261. The first-order chi connectivity index (χ1) is 9.99. The molecule has 5 nitrogen and oxygen atoms in total. The lowest BCUT2D eigenvalue weighted by Crippen LogP contribution is -2.38. The highest BCUT2D eigenvalue weighted by Gasteiger charge is 2.23. The third-order valence-electron chi connectivity index (χ3n) is 4.12. The van der Waals surface area contributed by atoms with Crippen LogP contribution in [-0.2, 0) is 0 Å². The Kier molecular flexibility index (Phi) is 5.33. The number of amides is 1. The highest BCUT2D eigenvalue weighted by atomic mass is 79.9. The number of carbonyl (C=O) groups is 1. The maximum Gasteiger partial charge on any atom is 0.284 e. The molecule has 1 saturated carbocycles. The first-order valence-corrected chi connectivity index (χ1v) is 8.03. The highest BCUT2D eigenvalue weighted by molar-refractivity contribution is 9.10. The van der Waals surface area contributed by atoms with E-state index in [1.54, 1.807) is 12.1 Å². The van der Waals surface area contributed by atoms with Gasteiger partial charge in [0.2, 0.25) is 0 Å². The topological polar surface area (TPSA) is 72.2 Å². The minimum absolute atomic E-state index is 0.0898. The number of hydrogen-bond acceptors (Lipinski definition) is 3. The van der Waals surface area contributed by atoms with E-state index in [0.29, 0.717) is 16.0 Å². The summed E-state index contributed by atoms with van der Waals surface area (Å²) in [4.78, 5) is 22.7. The fourth-order valence-electron chi connectivity index (χ4n) is 2.84. The van der Waals surface area contributed by atoms with Gasteiger partial charge in [-0.05, 0) is 53.7 Å². The number of nitro groups is 1. The van der Waals surface area contributed by atoms with Gasteiger partial charge in [0.05, 0.1) is 9.40 Å². The molecule has 0 spiro atoms. The zero-order valence-electron chi connectivity index (χ0n) is 12.0. The number of rotatable bonds is 4. The number of halogens is 1. The molecule has 0 aromatic heterocycles. The average Bonchev–Trinajstić information content (AvgIpc) is 2.48. The Hall–Kier alpha value is -1.43. The predicted molar refractivity (Wildman–Crippen MR) is 84.3 cm³/mol. The molecule has 1 fully saturated rings. The van der Waals surface area contributed by atoms with Gasteiger partial charge in [-0.1, -0.05) is 19.3 Å². The molecule has 114 valence electrons. The van der Waals surface area contributed by atoms with Gasteiger partial charge in [-0.3, -0.25) is 14.9 Å². The van der Waals surface area contributed by atoms with Crippen LogP contribution in [0.15, 0.2) is 22.7 Å². The number of nitro benzene ring substituents is 1. The van der Waals surface area contributed by atoms with Crippen molar-refractivity contribution in [1.29, 1.82) is 0 Å². The molecule has 2 rings (SSSR count). The van der Waals surface area contributed by atoms with Gasteiger partial charge in [0.25, 0.3) is 11.6 Å². The van der Waals surface area contributed by atoms with Crippen LogP contribution in [0, 0.1) is 16.0 Å². The Morgan fingerprint density at radius 3 is 2.67 bits per heavy atom. The zero-order chi connectivity index (χ0) is 15.4. The van der Waals surface area contributed by atoms with E-state index in [0.717, 1.165) is 12.8 Å². The molecule has 1 atom stereocenters. The van der Waals surface area contributed by atoms with Crippen LogP contribution in [-0.4, -0.2) is 16.9 Å². The van der Waals surface area contributed by atoms with Gasteiger partial charge >= 0.3 is 0 Å². The van der Waals surface area contributed by atoms with Crippen molar-refractivity contribution in [2.24, 2.45) is 5.92 Å². The van der Waals surface area contributed by atoms with Crippen molar-refractivity contribution in [2.75, 3.05) is 0 Å². The minimum Gasteiger partial charge on any atom is -0.349 e. The molecule has 0 saturated heterocycles. The lowest BCUT2D eigenvalue weighted by molar-refractivity contribution is -0.385. The smallest absolute Gasteiger partial charge is 0.284 e. The maximum atomic E-state index is 12.2. The summed E-state index contributed by atoms with van der Waals surface area (Å²) in [5.41, 5.74) is 0.237. The van der Waals surface area contributed by atoms with Gasteiger partial charge in [0.1, 0.15) is 0 Å². The van der Waals surface area contributed by atoms with Crippen molar-refractivity contribution < 1.29 is 9.72 Å². The molecular formula is C15H19BrN2O3. The Labute approximate surface area is 132 Å². The number of nitrogens with zero attached hydrogens (tertiary/aromatic N) is 1. The molecule has 1 aromatic rings. The van der Waals surface area contributed by atoms with Crippen molar-refractivity contribution in [1.82, 2.24) is 5.32 Å². The summed E-state index contributed by atoms with van der Waals surface area (Å²) in [6.45, 7) is 2.02. The van der Waals surface area contributed by atoms with Crippen LogP contribution >= 0.6 is 15.9 Å². The Morgan fingerprint density at radius 1 is 1.38 bits per heavy atom. The van der Waals surface area contributed by atoms with E-state index in [1.807, 2.05) is 6.92 Å². The van der Waals surface area contributed by atoms with Crippen molar-refractivity contribution >= 4 is 27.5 Å². The van der Waals surface area contributed by atoms with Gasteiger partial charge in [-0.15, -0.1) is 0 Å². The Bertz CT molecular complexity index is 542. The standard InChI is InChI=1S/C15H19BrN2O3/c1-10(11-5-3-2-4-6-11)17-15(19)12-7-8-13(16)14(9-12)18(20)21/h7-11H,2-6H2,1H3,(H,17,19). The molecule has 1 aliphatic carbocycles. The normalized spacial score (nSPS) is 17.2. The van der Waals surface area contributed by atoms with Crippen LogP contribution in [0.1, 0.15) is 49.4 Å². The van der Waals surface area contributed by atoms with Gasteiger partial charge < -0.3 is 5.32 Å². The Balaban J connectivity index is 2.06. The summed E-state index contributed by atoms with van der Waals surface area (Å²) in [6.07, 6.45) is 5.99. The van der Waals surface area contributed by atoms with Crippen LogP contribution in [0.25, 0.3) is 0 Å². The third-order valence-corrected chi connectivity index (χ3v) is 4.79. The first-order valence-electron chi connectivity index (χ1n) is 7.24. The Morgan fingerprint density at radius 2 is 2.05 bits per heavy atom. The van der Waals surface area contributed by atoms with Crippen LogP contribution in [0.3, 0.4) is 0 Å². The second-order valence-electron chi connectivity index (χ2n) is 5.58. The molecule has 1 amide bonds. The van der Waals surface area contributed by atoms with Crippen LogP contribution in [0.4, 0.5) is 5.69 Å². The summed E-state index contributed by atoms with van der Waals surface area (Å²) in [6, 6.07) is 4.55. The monoisotopic (exact) mass is 354 g/mol. The van der Waals surface area contributed by atoms with E-state index in [2.05, 4.69) is 21.2 Å². The fraction of sp³-hybridized carbons (Fsp3) is 0.533. The maximum absolute atomic E-state index is 12.2. The van der Waals surface area contributed by atoms with Gasteiger partial charge in [0, 0.05) is 17.7 Å². The van der Waals surface area contributed by atoms with Crippen molar-refractivity contribution in [3.63, 3.8) is 0 Å². The third kappa shape index (κ3) is 4.03. The molecule has 0 aliphatic heterocycles. The minimum atomic E-state index is -0.495. The summed E-state index contributed by atoms with van der Waals surface area (Å²) in [7, 11) is 0. The molecule has 0 radical (unpaired) electrons. The molecule has 1 aromatic carbocycles. The lowest BCUT2D eigenvalue weighted by atomic mass is 9.84. The van der Waals surface area contributed by atoms with E-state index in [1.165, 1.54) is 25.3 Å². The van der Waals surface area contributed by atoms with E-state index in [-0.39, 0.29) is 17.6 Å². The second kappa shape index (κ2) is 7.02. The lowest BCUT2D eigenvalue weighted by Gasteiger charge is -2.28. The first kappa shape index (κ1) is 15.9. The SMILES string of the molecule is CC(NC(=O)c1ccc(Br)c([N+](=O)[O-])c1)C1CCCCC1. The van der Waals surface area contributed by atoms with Crippen molar-refractivity contribution in [2.45, 2.75) is 45.1 Å². The van der Waals surface area contributed by atoms with Crippen molar-refractivity contribution in [3.8, 4) is 0 Å². The zero-order valence-corrected chi connectivity index (χ0v) is 13.6. The van der Waals surface area contributed by atoms with Crippen LogP contribution in [0.5, 0.6) is 0 Å². The van der Waals surface area contributed by atoms with Gasteiger partial charge in [0.15, 0.2) is 0 Å². The average molecular weight is 355 g/mol. The molecule has 6 heteroatoms. The van der Waals surface area contributed by atoms with E-state index >= 15 is 0 Å². The number of benzene rings is 1. The van der Waals surface area contributed by atoms with E-state index in [4.69, 9.17) is 0 Å². The quantitative estimate of drug-likeness (QED) is 0.654. The predicted octanol–water partition coefficient (Wildman–Crippen LogP) is 4.06. The van der Waals surface area contributed by atoms with E-state index in [9.17, 15) is 14.9 Å². The van der Waals surface area contributed by atoms with Crippen LogP contribution < -0.4 is 5.32 Å². The van der Waals surface area contributed by atoms with Gasteiger partial charge in [-0.25, -0.2) is 0 Å². The summed E-state index contributed by atoms with van der Waals surface area (Å²) < 4.78 is 0.379. The fourth-order valence-corrected chi connectivity index (χ4v) is 3.23. The molecule has 0 heterocycles. The number of carbonyl (C=O) groups excluding carboxylic acids is 1. The number of nitrogens with one attached hydrogen (secondary N) is 1. The largest absolute Gasteiger partial charge is 0.349 e. The molecule has 1 unspecified atom stereocenters. The summed E-state index contributed by atoms with van der Waals surface area (Å²) >= 11 is 3.12. The molecule has 0 bridgehead atoms. The molecular weight excluding hydrogens is 336 g/mol. The molecule has 1 aliphatic rings. The van der Waals surface area contributed by atoms with Crippen molar-refractivity contribution in [3.05, 3.63) is 38.3 Å². The highest BCUT2D eigenvalue weighted by Crippen LogP contribution is 2.28. The molecule has 21 heavy (non-hydrogen) atoms. The van der Waals surface area contributed by atoms with Gasteiger partial charge in [-0.2, -0.15) is 0 Å². The molecule has 1 N–H and O–H groups in total.